The van der Waals surface area contributed by atoms with E-state index in [4.69, 9.17) is 5.11 Å². The van der Waals surface area contributed by atoms with E-state index in [-0.39, 0.29) is 17.3 Å². The van der Waals surface area contributed by atoms with Crippen molar-refractivity contribution in [3.8, 4) is 0 Å². The third-order valence-electron chi connectivity index (χ3n) is 2.37. The van der Waals surface area contributed by atoms with E-state index in [0.29, 0.717) is 0 Å². The van der Waals surface area contributed by atoms with Gasteiger partial charge in [0.05, 0.1) is 6.20 Å². The number of aryl methyl sites for hydroxylation is 1. The summed E-state index contributed by atoms with van der Waals surface area (Å²) in [7, 11) is 1.54. The lowest BCUT2D eigenvalue weighted by molar-refractivity contribution is 0.0690. The topological polar surface area (TPSA) is 84.2 Å². The van der Waals surface area contributed by atoms with Crippen LogP contribution in [0.4, 0.5) is 0 Å². The van der Waals surface area contributed by atoms with Crippen molar-refractivity contribution >= 4 is 11.9 Å². The van der Waals surface area contributed by atoms with Crippen molar-refractivity contribution in [3.05, 3.63) is 17.5 Å². The van der Waals surface area contributed by atoms with E-state index in [1.165, 1.54) is 17.9 Å². The summed E-state index contributed by atoms with van der Waals surface area (Å²) in [6.07, 6.45) is 1.96. The Bertz CT molecular complexity index is 411. The maximum absolute atomic E-state index is 11.8. The van der Waals surface area contributed by atoms with Crippen molar-refractivity contribution < 1.29 is 14.7 Å². The van der Waals surface area contributed by atoms with Gasteiger partial charge >= 0.3 is 5.97 Å². The second-order valence-electron chi connectivity index (χ2n) is 3.62. The number of aromatic carboxylic acids is 1. The molecule has 0 saturated heterocycles. The smallest absolute Gasteiger partial charge is 0.339 e. The van der Waals surface area contributed by atoms with Gasteiger partial charge < -0.3 is 10.4 Å². The average molecular weight is 225 g/mol. The molecule has 0 aromatic carbocycles. The number of amides is 1. The summed E-state index contributed by atoms with van der Waals surface area (Å²) in [6.45, 7) is 3.79. The fraction of sp³-hybridized carbons (Fsp3) is 0.500. The summed E-state index contributed by atoms with van der Waals surface area (Å²) in [4.78, 5) is 22.6. The molecule has 6 heteroatoms. The second-order valence-corrected chi connectivity index (χ2v) is 3.62. The monoisotopic (exact) mass is 225 g/mol. The van der Waals surface area contributed by atoms with Crippen LogP contribution >= 0.6 is 0 Å². The van der Waals surface area contributed by atoms with E-state index in [0.717, 1.165) is 6.42 Å². The maximum atomic E-state index is 11.8. The Kier molecular flexibility index (Phi) is 3.65. The van der Waals surface area contributed by atoms with Crippen LogP contribution in [0.15, 0.2) is 6.20 Å². The molecule has 1 aromatic rings. The van der Waals surface area contributed by atoms with Gasteiger partial charge in [0, 0.05) is 13.1 Å². The third-order valence-corrected chi connectivity index (χ3v) is 2.37. The molecule has 0 aliphatic carbocycles. The predicted molar refractivity (Wildman–Crippen MR) is 57.4 cm³/mol. The van der Waals surface area contributed by atoms with Crippen molar-refractivity contribution in [1.29, 1.82) is 0 Å². The number of hydrogen-bond donors (Lipinski definition) is 2. The summed E-state index contributed by atoms with van der Waals surface area (Å²) < 4.78 is 1.27. The highest BCUT2D eigenvalue weighted by atomic mass is 16.4. The van der Waals surface area contributed by atoms with Crippen LogP contribution in [0.5, 0.6) is 0 Å². The summed E-state index contributed by atoms with van der Waals surface area (Å²) in [5.41, 5.74) is -0.00361. The van der Waals surface area contributed by atoms with Crippen LogP contribution in [0, 0.1) is 0 Å². The van der Waals surface area contributed by atoms with Crippen molar-refractivity contribution in [2.24, 2.45) is 7.05 Å². The van der Waals surface area contributed by atoms with Gasteiger partial charge in [0.1, 0.15) is 11.3 Å². The van der Waals surface area contributed by atoms with Crippen molar-refractivity contribution in [2.75, 3.05) is 0 Å². The second kappa shape index (κ2) is 4.78. The van der Waals surface area contributed by atoms with E-state index < -0.39 is 11.9 Å². The summed E-state index contributed by atoms with van der Waals surface area (Å²) >= 11 is 0. The van der Waals surface area contributed by atoms with Gasteiger partial charge in [0.25, 0.3) is 5.91 Å². The molecule has 16 heavy (non-hydrogen) atoms. The Labute approximate surface area is 93.3 Å². The Morgan fingerprint density at radius 1 is 1.62 bits per heavy atom. The van der Waals surface area contributed by atoms with Crippen LogP contribution in [0.3, 0.4) is 0 Å². The van der Waals surface area contributed by atoms with E-state index in [1.54, 1.807) is 0 Å². The average Bonchev–Trinajstić information content (AvgIpc) is 2.59. The van der Waals surface area contributed by atoms with Gasteiger partial charge in [-0.1, -0.05) is 6.92 Å². The lowest BCUT2D eigenvalue weighted by atomic mass is 10.2. The fourth-order valence-electron chi connectivity index (χ4n) is 1.26. The molecular formula is C10H15N3O3. The van der Waals surface area contributed by atoms with Crippen LogP contribution < -0.4 is 5.32 Å². The van der Waals surface area contributed by atoms with Crippen molar-refractivity contribution in [1.82, 2.24) is 15.1 Å². The summed E-state index contributed by atoms with van der Waals surface area (Å²) in [5, 5.41) is 15.4. The molecule has 0 spiro atoms. The highest BCUT2D eigenvalue weighted by molar-refractivity contribution is 6.03. The standard InChI is InChI=1S/C10H15N3O3/c1-4-6(2)12-9(14)8-7(10(15)16)5-11-13(8)3/h5-6H,4H2,1-3H3,(H,12,14)(H,15,16)/t6-/m1/s1. The molecule has 0 fully saturated rings. The Balaban J connectivity index is 2.98. The highest BCUT2D eigenvalue weighted by Gasteiger charge is 2.22. The van der Waals surface area contributed by atoms with Gasteiger partial charge in [0.15, 0.2) is 0 Å². The quantitative estimate of drug-likeness (QED) is 0.787. The molecule has 0 bridgehead atoms. The van der Waals surface area contributed by atoms with Gasteiger partial charge in [-0.25, -0.2) is 4.79 Å². The predicted octanol–water partition coefficient (Wildman–Crippen LogP) is 0.647. The Morgan fingerprint density at radius 2 is 2.25 bits per heavy atom. The number of carboxylic acid groups (broad SMARTS) is 1. The van der Waals surface area contributed by atoms with E-state index >= 15 is 0 Å². The van der Waals surface area contributed by atoms with Gasteiger partial charge in [0.2, 0.25) is 0 Å². The molecule has 6 nitrogen and oxygen atoms in total. The van der Waals surface area contributed by atoms with Crippen LogP contribution in [0.25, 0.3) is 0 Å². The molecule has 0 aliphatic rings. The molecule has 1 rings (SSSR count). The zero-order valence-electron chi connectivity index (χ0n) is 9.52. The number of nitrogens with one attached hydrogen (secondary N) is 1. The molecule has 0 saturated carbocycles. The van der Waals surface area contributed by atoms with Crippen LogP contribution in [-0.4, -0.2) is 32.8 Å². The highest BCUT2D eigenvalue weighted by Crippen LogP contribution is 2.08. The number of carboxylic acids is 1. The number of hydrogen-bond acceptors (Lipinski definition) is 3. The maximum Gasteiger partial charge on any atom is 0.339 e. The zero-order valence-corrected chi connectivity index (χ0v) is 9.52. The number of carbonyl (C=O) groups excluding carboxylic acids is 1. The van der Waals surface area contributed by atoms with E-state index in [2.05, 4.69) is 10.4 Å². The number of rotatable bonds is 4. The van der Waals surface area contributed by atoms with Crippen molar-refractivity contribution in [2.45, 2.75) is 26.3 Å². The number of carbonyl (C=O) groups is 2. The summed E-state index contributed by atoms with van der Waals surface area (Å²) in [5.74, 6) is -1.56. The van der Waals surface area contributed by atoms with Crippen LogP contribution in [0.2, 0.25) is 0 Å². The lowest BCUT2D eigenvalue weighted by Gasteiger charge is -2.11. The van der Waals surface area contributed by atoms with Crippen LogP contribution in [0.1, 0.15) is 41.1 Å². The number of aromatic nitrogens is 2. The van der Waals surface area contributed by atoms with E-state index in [9.17, 15) is 9.59 Å². The first-order valence-electron chi connectivity index (χ1n) is 5.03. The molecule has 1 aromatic heterocycles. The first-order chi connectivity index (χ1) is 7.47. The Morgan fingerprint density at radius 3 is 2.75 bits per heavy atom. The minimum Gasteiger partial charge on any atom is -0.478 e. The lowest BCUT2D eigenvalue weighted by Crippen LogP contribution is -2.34. The molecule has 1 heterocycles. The van der Waals surface area contributed by atoms with Crippen molar-refractivity contribution in [3.63, 3.8) is 0 Å². The minimum atomic E-state index is -1.15. The first kappa shape index (κ1) is 12.2. The first-order valence-corrected chi connectivity index (χ1v) is 5.03. The fourth-order valence-corrected chi connectivity index (χ4v) is 1.26. The van der Waals surface area contributed by atoms with Crippen LogP contribution in [-0.2, 0) is 7.05 Å². The molecule has 0 unspecified atom stereocenters. The van der Waals surface area contributed by atoms with Gasteiger partial charge in [-0.2, -0.15) is 5.10 Å². The molecule has 2 N–H and O–H groups in total. The molecule has 0 radical (unpaired) electrons. The van der Waals surface area contributed by atoms with Gasteiger partial charge in [-0.15, -0.1) is 0 Å². The third kappa shape index (κ3) is 2.39. The normalized spacial score (nSPS) is 12.2. The molecular weight excluding hydrogens is 210 g/mol. The largest absolute Gasteiger partial charge is 0.478 e. The van der Waals surface area contributed by atoms with Gasteiger partial charge in [-0.3, -0.25) is 9.48 Å². The van der Waals surface area contributed by atoms with E-state index in [1.807, 2.05) is 13.8 Å². The minimum absolute atomic E-state index is 0.00375. The number of nitrogens with zero attached hydrogens (tertiary/aromatic N) is 2. The van der Waals surface area contributed by atoms with Gasteiger partial charge in [-0.05, 0) is 13.3 Å². The molecule has 88 valence electrons. The SMILES string of the molecule is CC[C@@H](C)NC(=O)c1c(C(=O)O)cnn1C. The molecule has 0 aliphatic heterocycles. The zero-order chi connectivity index (χ0) is 12.3. The molecule has 1 amide bonds. The Hall–Kier alpha value is -1.85. The molecule has 1 atom stereocenters. The summed E-state index contributed by atoms with van der Waals surface area (Å²) in [6, 6.07) is 0.00375.